The molecule has 1 aromatic carbocycles. The summed E-state index contributed by atoms with van der Waals surface area (Å²) in [4.78, 5) is 12.0. The highest BCUT2D eigenvalue weighted by Crippen LogP contribution is 2.20. The molecule has 0 aromatic heterocycles. The second kappa shape index (κ2) is 7.08. The number of hydrogen-bond donors (Lipinski definition) is 3. The van der Waals surface area contributed by atoms with Gasteiger partial charge in [-0.3, -0.25) is 4.79 Å². The second-order valence-corrected chi connectivity index (χ2v) is 4.84. The standard InChI is InChI=1S/C12H15BrFN3O2/c1-2-3-8(11(15)17-19)12(18)16-7-4-5-9(13)10(14)6-7/h4-6,8,19H,2-3H2,1H3,(H2,15,17)(H,16,18). The molecule has 19 heavy (non-hydrogen) atoms. The maximum atomic E-state index is 13.3. The molecule has 0 bridgehead atoms. The number of anilines is 1. The summed E-state index contributed by atoms with van der Waals surface area (Å²) < 4.78 is 13.6. The van der Waals surface area contributed by atoms with E-state index in [2.05, 4.69) is 26.4 Å². The third kappa shape index (κ3) is 4.20. The van der Waals surface area contributed by atoms with E-state index >= 15 is 0 Å². The van der Waals surface area contributed by atoms with Crippen LogP contribution >= 0.6 is 15.9 Å². The molecule has 1 aromatic rings. The molecule has 1 unspecified atom stereocenters. The van der Waals surface area contributed by atoms with Crippen molar-refractivity contribution in [1.29, 1.82) is 0 Å². The van der Waals surface area contributed by atoms with Crippen LogP contribution in [0, 0.1) is 11.7 Å². The van der Waals surface area contributed by atoms with E-state index in [0.29, 0.717) is 23.0 Å². The molecule has 1 atom stereocenters. The fourth-order valence-electron chi connectivity index (χ4n) is 1.57. The molecule has 7 heteroatoms. The first kappa shape index (κ1) is 15.4. The lowest BCUT2D eigenvalue weighted by molar-refractivity contribution is -0.118. The van der Waals surface area contributed by atoms with Gasteiger partial charge in [0, 0.05) is 5.69 Å². The summed E-state index contributed by atoms with van der Waals surface area (Å²) in [7, 11) is 0. The summed E-state index contributed by atoms with van der Waals surface area (Å²) in [6.45, 7) is 1.88. The molecule has 0 fully saturated rings. The molecule has 1 amide bonds. The van der Waals surface area contributed by atoms with Crippen molar-refractivity contribution in [2.75, 3.05) is 5.32 Å². The number of nitrogens with zero attached hydrogens (tertiary/aromatic N) is 1. The summed E-state index contributed by atoms with van der Waals surface area (Å²) in [6.07, 6.45) is 1.14. The quantitative estimate of drug-likeness (QED) is 0.335. The Labute approximate surface area is 118 Å². The van der Waals surface area contributed by atoms with Crippen molar-refractivity contribution in [1.82, 2.24) is 0 Å². The van der Waals surface area contributed by atoms with Gasteiger partial charge in [-0.1, -0.05) is 18.5 Å². The number of benzene rings is 1. The Kier molecular flexibility index (Phi) is 5.75. The van der Waals surface area contributed by atoms with E-state index in [1.807, 2.05) is 6.92 Å². The van der Waals surface area contributed by atoms with Crippen LogP contribution in [0.4, 0.5) is 10.1 Å². The second-order valence-electron chi connectivity index (χ2n) is 3.98. The van der Waals surface area contributed by atoms with Crippen molar-refractivity contribution in [3.8, 4) is 0 Å². The van der Waals surface area contributed by atoms with Gasteiger partial charge in [0.05, 0.1) is 10.4 Å². The first-order chi connectivity index (χ1) is 8.99. The minimum absolute atomic E-state index is 0.156. The monoisotopic (exact) mass is 331 g/mol. The Hall–Kier alpha value is -1.63. The first-order valence-corrected chi connectivity index (χ1v) is 6.52. The summed E-state index contributed by atoms with van der Waals surface area (Å²) in [5, 5.41) is 14.0. The minimum atomic E-state index is -0.735. The molecule has 0 saturated heterocycles. The molecule has 104 valence electrons. The van der Waals surface area contributed by atoms with Crippen molar-refractivity contribution in [2.45, 2.75) is 19.8 Å². The van der Waals surface area contributed by atoms with Crippen LogP contribution < -0.4 is 11.1 Å². The number of amidine groups is 1. The number of amides is 1. The number of rotatable bonds is 5. The Morgan fingerprint density at radius 2 is 2.32 bits per heavy atom. The maximum Gasteiger partial charge on any atom is 0.235 e. The number of oxime groups is 1. The lowest BCUT2D eigenvalue weighted by Crippen LogP contribution is -2.34. The molecular weight excluding hydrogens is 317 g/mol. The summed E-state index contributed by atoms with van der Waals surface area (Å²) in [5.41, 5.74) is 5.79. The number of carbonyl (C=O) groups is 1. The van der Waals surface area contributed by atoms with Crippen molar-refractivity contribution in [3.63, 3.8) is 0 Å². The average molecular weight is 332 g/mol. The van der Waals surface area contributed by atoms with Crippen LogP contribution in [0.5, 0.6) is 0 Å². The van der Waals surface area contributed by atoms with Gasteiger partial charge >= 0.3 is 0 Å². The number of halogens is 2. The molecule has 0 radical (unpaired) electrons. The third-order valence-electron chi connectivity index (χ3n) is 2.55. The SMILES string of the molecule is CCCC(C(=O)Nc1ccc(Br)c(F)c1)C(N)=NO. The van der Waals surface area contributed by atoms with E-state index < -0.39 is 17.6 Å². The fraction of sp³-hybridized carbons (Fsp3) is 0.333. The smallest absolute Gasteiger partial charge is 0.235 e. The van der Waals surface area contributed by atoms with E-state index in [1.54, 1.807) is 6.07 Å². The van der Waals surface area contributed by atoms with Crippen LogP contribution in [0.3, 0.4) is 0 Å². The third-order valence-corrected chi connectivity index (χ3v) is 3.20. The molecular formula is C12H15BrFN3O2. The Bertz CT molecular complexity index is 494. The molecule has 0 aliphatic rings. The Balaban J connectivity index is 2.84. The predicted octanol–water partition coefficient (Wildman–Crippen LogP) is 2.69. The van der Waals surface area contributed by atoms with Crippen LogP contribution in [0.25, 0.3) is 0 Å². The van der Waals surface area contributed by atoms with E-state index in [1.165, 1.54) is 12.1 Å². The number of nitrogens with one attached hydrogen (secondary N) is 1. The zero-order chi connectivity index (χ0) is 14.4. The molecule has 0 heterocycles. The van der Waals surface area contributed by atoms with Gasteiger partial charge in [0.25, 0.3) is 0 Å². The molecule has 5 nitrogen and oxygen atoms in total. The van der Waals surface area contributed by atoms with Crippen LogP contribution in [0.15, 0.2) is 27.8 Å². The highest BCUT2D eigenvalue weighted by Gasteiger charge is 2.22. The van der Waals surface area contributed by atoms with E-state index in [-0.39, 0.29) is 5.84 Å². The zero-order valence-corrected chi connectivity index (χ0v) is 11.9. The average Bonchev–Trinajstić information content (AvgIpc) is 2.39. The fourth-order valence-corrected chi connectivity index (χ4v) is 1.82. The van der Waals surface area contributed by atoms with Crippen LogP contribution in [0.2, 0.25) is 0 Å². The highest BCUT2D eigenvalue weighted by molar-refractivity contribution is 9.10. The molecule has 0 saturated carbocycles. The van der Waals surface area contributed by atoms with Crippen LogP contribution in [-0.2, 0) is 4.79 Å². The normalized spacial score (nSPS) is 13.1. The Morgan fingerprint density at radius 1 is 1.63 bits per heavy atom. The molecule has 0 aliphatic carbocycles. The largest absolute Gasteiger partial charge is 0.409 e. The van der Waals surface area contributed by atoms with Crippen molar-refractivity contribution in [3.05, 3.63) is 28.5 Å². The lowest BCUT2D eigenvalue weighted by atomic mass is 10.0. The van der Waals surface area contributed by atoms with Crippen molar-refractivity contribution < 1.29 is 14.4 Å². The summed E-state index contributed by atoms with van der Waals surface area (Å²) in [6, 6.07) is 4.24. The highest BCUT2D eigenvalue weighted by atomic mass is 79.9. The van der Waals surface area contributed by atoms with E-state index in [4.69, 9.17) is 10.9 Å². The first-order valence-electron chi connectivity index (χ1n) is 5.73. The van der Waals surface area contributed by atoms with E-state index in [9.17, 15) is 9.18 Å². The van der Waals surface area contributed by atoms with Gasteiger partial charge < -0.3 is 16.3 Å². The topological polar surface area (TPSA) is 87.7 Å². The molecule has 0 aliphatic heterocycles. The number of carbonyl (C=O) groups excluding carboxylic acids is 1. The minimum Gasteiger partial charge on any atom is -0.409 e. The summed E-state index contributed by atoms with van der Waals surface area (Å²) >= 11 is 3.02. The van der Waals surface area contributed by atoms with Crippen molar-refractivity contribution >= 4 is 33.4 Å². The van der Waals surface area contributed by atoms with Gasteiger partial charge in [0.1, 0.15) is 5.82 Å². The number of hydrogen-bond acceptors (Lipinski definition) is 3. The van der Waals surface area contributed by atoms with Gasteiger partial charge in [-0.2, -0.15) is 0 Å². The van der Waals surface area contributed by atoms with Gasteiger partial charge in [-0.05, 0) is 40.5 Å². The Morgan fingerprint density at radius 3 is 2.84 bits per heavy atom. The molecule has 4 N–H and O–H groups in total. The predicted molar refractivity (Wildman–Crippen MR) is 74.5 cm³/mol. The van der Waals surface area contributed by atoms with Gasteiger partial charge in [-0.15, -0.1) is 0 Å². The molecule has 0 spiro atoms. The van der Waals surface area contributed by atoms with Crippen LogP contribution in [-0.4, -0.2) is 17.0 Å². The van der Waals surface area contributed by atoms with Gasteiger partial charge in [-0.25, -0.2) is 4.39 Å². The summed E-state index contributed by atoms with van der Waals surface area (Å²) in [5.74, 6) is -1.80. The number of nitrogens with two attached hydrogens (primary N) is 1. The maximum absolute atomic E-state index is 13.3. The van der Waals surface area contributed by atoms with Crippen LogP contribution in [0.1, 0.15) is 19.8 Å². The lowest BCUT2D eigenvalue weighted by Gasteiger charge is -2.14. The zero-order valence-electron chi connectivity index (χ0n) is 10.4. The molecule has 1 rings (SSSR count). The van der Waals surface area contributed by atoms with Gasteiger partial charge in [0.2, 0.25) is 5.91 Å². The van der Waals surface area contributed by atoms with Gasteiger partial charge in [0.15, 0.2) is 5.84 Å². The van der Waals surface area contributed by atoms with Crippen molar-refractivity contribution in [2.24, 2.45) is 16.8 Å². The van der Waals surface area contributed by atoms with E-state index in [0.717, 1.165) is 0 Å².